The Bertz CT molecular complexity index is 334. The number of carboxylic acid groups (broad SMARTS) is 1. The van der Waals surface area contributed by atoms with Crippen molar-refractivity contribution in [3.05, 3.63) is 29.9 Å². The first-order valence-electron chi connectivity index (χ1n) is 3.34. The normalized spacial score (nSPS) is 9.42. The van der Waals surface area contributed by atoms with Gasteiger partial charge in [-0.1, -0.05) is 6.58 Å². The molecule has 1 aromatic rings. The van der Waals surface area contributed by atoms with Crippen LogP contribution in [0.5, 0.6) is 0 Å². The summed E-state index contributed by atoms with van der Waals surface area (Å²) in [5.74, 6) is -1.06. The van der Waals surface area contributed by atoms with E-state index in [4.69, 9.17) is 5.11 Å². The van der Waals surface area contributed by atoms with Crippen molar-refractivity contribution in [3.63, 3.8) is 0 Å². The van der Waals surface area contributed by atoms with E-state index in [1.165, 1.54) is 12.3 Å². The molecule has 0 radical (unpaired) electrons. The van der Waals surface area contributed by atoms with Crippen LogP contribution in [0.1, 0.15) is 21.9 Å². The molecule has 1 heterocycles. The van der Waals surface area contributed by atoms with Gasteiger partial charge < -0.3 is 5.11 Å². The number of carboxylic acids is 1. The molecule has 0 spiro atoms. The summed E-state index contributed by atoms with van der Waals surface area (Å²) < 4.78 is 0. The zero-order valence-electron chi connectivity index (χ0n) is 6.61. The Morgan fingerprint density at radius 1 is 1.75 bits per heavy atom. The summed E-state index contributed by atoms with van der Waals surface area (Å²) in [5.41, 5.74) is 0.970. The largest absolute Gasteiger partial charge is 0.476 e. The van der Waals surface area contributed by atoms with Crippen molar-refractivity contribution in [2.75, 3.05) is 0 Å². The Morgan fingerprint density at radius 2 is 2.42 bits per heavy atom. The molecule has 12 heavy (non-hydrogen) atoms. The van der Waals surface area contributed by atoms with Crippen LogP contribution in [-0.4, -0.2) is 21.0 Å². The van der Waals surface area contributed by atoms with E-state index in [-0.39, 0.29) is 5.69 Å². The predicted molar refractivity (Wildman–Crippen MR) is 43.8 cm³/mol. The molecule has 0 aliphatic heterocycles. The molecule has 0 fully saturated rings. The number of hydrogen-bond donors (Lipinski definition) is 1. The summed E-state index contributed by atoms with van der Waals surface area (Å²) in [4.78, 5) is 18.2. The number of carbonyl (C=O) groups is 1. The first-order chi connectivity index (χ1) is 5.65. The third-order valence-electron chi connectivity index (χ3n) is 1.38. The second-order valence-corrected chi connectivity index (χ2v) is 2.24. The average Bonchev–Trinajstić information content (AvgIpc) is 2.03. The molecule has 0 aliphatic rings. The van der Waals surface area contributed by atoms with Crippen molar-refractivity contribution in [3.8, 4) is 0 Å². The summed E-state index contributed by atoms with van der Waals surface area (Å²) in [7, 11) is 0. The summed E-state index contributed by atoms with van der Waals surface area (Å²) in [6.45, 7) is 5.10. The number of nitrogens with zero attached hydrogens (tertiary/aromatic N) is 2. The van der Waals surface area contributed by atoms with Gasteiger partial charge in [0.15, 0.2) is 5.69 Å². The Balaban J connectivity index is 3.20. The molecule has 4 nitrogen and oxygen atoms in total. The fraction of sp³-hybridized carbons (Fsp3) is 0.125. The minimum atomic E-state index is -1.06. The maximum Gasteiger partial charge on any atom is 0.356 e. The van der Waals surface area contributed by atoms with Crippen LogP contribution in [0.15, 0.2) is 12.8 Å². The fourth-order valence-electron chi connectivity index (χ4n) is 0.808. The van der Waals surface area contributed by atoms with Gasteiger partial charge in [-0.15, -0.1) is 0 Å². The summed E-state index contributed by atoms with van der Waals surface area (Å²) >= 11 is 0. The van der Waals surface area contributed by atoms with Gasteiger partial charge in [-0.3, -0.25) is 0 Å². The molecule has 0 bridgehead atoms. The van der Waals surface area contributed by atoms with Crippen LogP contribution < -0.4 is 0 Å². The molecule has 4 heteroatoms. The lowest BCUT2D eigenvalue weighted by Gasteiger charge is -1.98. The van der Waals surface area contributed by atoms with Crippen molar-refractivity contribution in [2.45, 2.75) is 6.92 Å². The highest BCUT2D eigenvalue weighted by Crippen LogP contribution is 2.03. The Kier molecular flexibility index (Phi) is 2.19. The molecule has 0 saturated carbocycles. The standard InChI is InChI=1S/C8H8N2O2/c1-3-6-4-9-7(8(11)12)5(2)10-6/h3-4H,1H2,2H3,(H,11,12). The van der Waals surface area contributed by atoms with Gasteiger partial charge in [0.2, 0.25) is 0 Å². The monoisotopic (exact) mass is 164 g/mol. The van der Waals surface area contributed by atoms with E-state index in [9.17, 15) is 4.79 Å². The van der Waals surface area contributed by atoms with E-state index < -0.39 is 5.97 Å². The molecule has 0 atom stereocenters. The van der Waals surface area contributed by atoms with Gasteiger partial charge in [-0.05, 0) is 13.0 Å². The molecule has 62 valence electrons. The molecule has 0 aliphatic carbocycles. The quantitative estimate of drug-likeness (QED) is 0.711. The Labute approximate surface area is 69.6 Å². The van der Waals surface area contributed by atoms with Gasteiger partial charge >= 0.3 is 5.97 Å². The number of rotatable bonds is 2. The first-order valence-corrected chi connectivity index (χ1v) is 3.34. The highest BCUT2D eigenvalue weighted by Gasteiger charge is 2.08. The predicted octanol–water partition coefficient (Wildman–Crippen LogP) is 1.13. The highest BCUT2D eigenvalue weighted by molar-refractivity contribution is 5.86. The van der Waals surface area contributed by atoms with Crippen molar-refractivity contribution in [1.82, 2.24) is 9.97 Å². The number of hydrogen-bond acceptors (Lipinski definition) is 3. The lowest BCUT2D eigenvalue weighted by Crippen LogP contribution is -2.05. The zero-order chi connectivity index (χ0) is 9.14. The maximum atomic E-state index is 10.5. The third-order valence-corrected chi connectivity index (χ3v) is 1.38. The average molecular weight is 164 g/mol. The number of aryl methyl sites for hydroxylation is 1. The van der Waals surface area contributed by atoms with Crippen LogP contribution >= 0.6 is 0 Å². The van der Waals surface area contributed by atoms with Crippen LogP contribution in [0.2, 0.25) is 0 Å². The second-order valence-electron chi connectivity index (χ2n) is 2.24. The molecule has 0 amide bonds. The van der Waals surface area contributed by atoms with Gasteiger partial charge in [0.05, 0.1) is 17.6 Å². The van der Waals surface area contributed by atoms with Gasteiger partial charge in [0.1, 0.15) is 0 Å². The molecule has 0 saturated heterocycles. The van der Waals surface area contributed by atoms with E-state index in [1.807, 2.05) is 0 Å². The van der Waals surface area contributed by atoms with E-state index in [1.54, 1.807) is 6.92 Å². The van der Waals surface area contributed by atoms with Crippen LogP contribution in [0.3, 0.4) is 0 Å². The Hall–Kier alpha value is -1.71. The van der Waals surface area contributed by atoms with Crippen molar-refractivity contribution in [1.29, 1.82) is 0 Å². The van der Waals surface area contributed by atoms with E-state index in [0.717, 1.165) is 0 Å². The number of aromatic nitrogens is 2. The smallest absolute Gasteiger partial charge is 0.356 e. The summed E-state index contributed by atoms with van der Waals surface area (Å²) in [6, 6.07) is 0. The lowest BCUT2D eigenvalue weighted by atomic mass is 10.3. The molecule has 0 aromatic carbocycles. The lowest BCUT2D eigenvalue weighted by molar-refractivity contribution is 0.0689. The topological polar surface area (TPSA) is 63.1 Å². The van der Waals surface area contributed by atoms with Crippen LogP contribution in [-0.2, 0) is 0 Å². The summed E-state index contributed by atoms with van der Waals surface area (Å²) in [5, 5.41) is 8.60. The first kappa shape index (κ1) is 8.39. The maximum absolute atomic E-state index is 10.5. The fourth-order valence-corrected chi connectivity index (χ4v) is 0.808. The molecule has 1 N–H and O–H groups in total. The van der Waals surface area contributed by atoms with Crippen LogP contribution in [0.4, 0.5) is 0 Å². The minimum Gasteiger partial charge on any atom is -0.476 e. The van der Waals surface area contributed by atoms with Crippen LogP contribution in [0.25, 0.3) is 6.08 Å². The molecule has 0 unspecified atom stereocenters. The molecular weight excluding hydrogens is 156 g/mol. The molecular formula is C8H8N2O2. The Morgan fingerprint density at radius 3 is 2.83 bits per heavy atom. The second kappa shape index (κ2) is 3.13. The van der Waals surface area contributed by atoms with E-state index in [0.29, 0.717) is 11.4 Å². The van der Waals surface area contributed by atoms with Crippen molar-refractivity contribution >= 4 is 12.0 Å². The highest BCUT2D eigenvalue weighted by atomic mass is 16.4. The SMILES string of the molecule is C=Cc1cnc(C(=O)O)c(C)n1. The van der Waals surface area contributed by atoms with Gasteiger partial charge in [-0.25, -0.2) is 14.8 Å². The number of aromatic carboxylic acids is 1. The van der Waals surface area contributed by atoms with Crippen molar-refractivity contribution in [2.24, 2.45) is 0 Å². The van der Waals surface area contributed by atoms with Crippen molar-refractivity contribution < 1.29 is 9.90 Å². The third kappa shape index (κ3) is 1.47. The molecule has 1 rings (SSSR count). The van der Waals surface area contributed by atoms with Gasteiger partial charge in [0.25, 0.3) is 0 Å². The van der Waals surface area contributed by atoms with Gasteiger partial charge in [-0.2, -0.15) is 0 Å². The van der Waals surface area contributed by atoms with E-state index >= 15 is 0 Å². The van der Waals surface area contributed by atoms with E-state index in [2.05, 4.69) is 16.5 Å². The van der Waals surface area contributed by atoms with Gasteiger partial charge in [0, 0.05) is 0 Å². The molecule has 1 aromatic heterocycles. The zero-order valence-corrected chi connectivity index (χ0v) is 6.61. The van der Waals surface area contributed by atoms with Crippen LogP contribution in [0, 0.1) is 6.92 Å². The minimum absolute atomic E-state index is 0.0133. The summed E-state index contributed by atoms with van der Waals surface area (Å²) in [6.07, 6.45) is 2.90.